The first kappa shape index (κ1) is 16.1. The smallest absolute Gasteiger partial charge is 0.325 e. The second-order valence-electron chi connectivity index (χ2n) is 5.12. The number of pyridine rings is 1. The molecule has 9 heteroatoms. The summed E-state index contributed by atoms with van der Waals surface area (Å²) in [4.78, 5) is 43.9. The molecule has 0 bridgehead atoms. The van der Waals surface area contributed by atoms with Crippen LogP contribution in [0.2, 0.25) is 0 Å². The molecule has 1 aliphatic heterocycles. The van der Waals surface area contributed by atoms with Crippen molar-refractivity contribution in [3.8, 4) is 10.6 Å². The Labute approximate surface area is 141 Å². The number of thiazole rings is 1. The van der Waals surface area contributed by atoms with Crippen LogP contribution in [0, 0.1) is 0 Å². The second kappa shape index (κ2) is 7.18. The number of imide groups is 1. The first-order valence-electron chi connectivity index (χ1n) is 7.33. The molecule has 0 radical (unpaired) electrons. The molecule has 1 saturated heterocycles. The molecule has 2 aromatic heterocycles. The molecule has 24 heavy (non-hydrogen) atoms. The van der Waals surface area contributed by atoms with Crippen molar-refractivity contribution in [2.45, 2.75) is 6.42 Å². The molecule has 2 N–H and O–H groups in total. The number of nitrogens with zero attached hydrogens (tertiary/aromatic N) is 3. The van der Waals surface area contributed by atoms with Gasteiger partial charge in [-0.3, -0.25) is 19.5 Å². The molecule has 1 aliphatic rings. The lowest BCUT2D eigenvalue weighted by molar-refractivity contribution is -0.130. The van der Waals surface area contributed by atoms with Crippen molar-refractivity contribution in [1.29, 1.82) is 0 Å². The Kier molecular flexibility index (Phi) is 4.80. The Bertz CT molecular complexity index is 745. The fraction of sp³-hybridized carbons (Fsp3) is 0.267. The highest BCUT2D eigenvalue weighted by Gasteiger charge is 2.29. The number of amides is 4. The van der Waals surface area contributed by atoms with Crippen molar-refractivity contribution < 1.29 is 14.4 Å². The zero-order valence-electron chi connectivity index (χ0n) is 12.7. The summed E-state index contributed by atoms with van der Waals surface area (Å²) in [6, 6.07) is 3.25. The van der Waals surface area contributed by atoms with Crippen molar-refractivity contribution in [3.63, 3.8) is 0 Å². The quantitative estimate of drug-likeness (QED) is 0.738. The van der Waals surface area contributed by atoms with Gasteiger partial charge in [0.2, 0.25) is 5.91 Å². The molecule has 1 fully saturated rings. The average Bonchev–Trinajstić information content (AvgIpc) is 3.18. The Morgan fingerprint density at radius 3 is 2.83 bits per heavy atom. The normalized spacial score (nSPS) is 13.9. The van der Waals surface area contributed by atoms with E-state index in [1.165, 1.54) is 11.3 Å². The summed E-state index contributed by atoms with van der Waals surface area (Å²) >= 11 is 1.53. The maximum Gasteiger partial charge on any atom is 0.325 e. The van der Waals surface area contributed by atoms with Gasteiger partial charge < -0.3 is 10.6 Å². The molecule has 0 atom stereocenters. The first-order valence-corrected chi connectivity index (χ1v) is 8.21. The van der Waals surface area contributed by atoms with Crippen molar-refractivity contribution >= 4 is 29.2 Å². The summed E-state index contributed by atoms with van der Waals surface area (Å²) in [6.07, 6.45) is 4.01. The van der Waals surface area contributed by atoms with Crippen LogP contribution in [0.25, 0.3) is 10.6 Å². The number of rotatable bonds is 6. The highest BCUT2D eigenvalue weighted by molar-refractivity contribution is 7.13. The maximum atomic E-state index is 11.8. The predicted molar refractivity (Wildman–Crippen MR) is 87.2 cm³/mol. The maximum absolute atomic E-state index is 11.8. The first-order chi connectivity index (χ1) is 11.6. The molecule has 2 aromatic rings. The summed E-state index contributed by atoms with van der Waals surface area (Å²) < 4.78 is 0. The van der Waals surface area contributed by atoms with Crippen molar-refractivity contribution in [3.05, 3.63) is 35.6 Å². The largest absolute Gasteiger partial charge is 0.354 e. The van der Waals surface area contributed by atoms with Crippen LogP contribution in [0.3, 0.4) is 0 Å². The van der Waals surface area contributed by atoms with Crippen LogP contribution >= 0.6 is 11.3 Å². The molecular formula is C15H15N5O3S. The molecule has 3 rings (SSSR count). The molecule has 0 saturated carbocycles. The number of carbonyl (C=O) groups excluding carboxylic acids is 3. The number of carbonyl (C=O) groups is 3. The minimum atomic E-state index is -0.531. The third-order valence-corrected chi connectivity index (χ3v) is 4.36. The van der Waals surface area contributed by atoms with Gasteiger partial charge >= 0.3 is 6.03 Å². The number of hydrogen-bond donors (Lipinski definition) is 2. The van der Waals surface area contributed by atoms with E-state index >= 15 is 0 Å². The fourth-order valence-electron chi connectivity index (χ4n) is 2.19. The zero-order valence-corrected chi connectivity index (χ0v) is 13.5. The monoisotopic (exact) mass is 345 g/mol. The number of urea groups is 1. The van der Waals surface area contributed by atoms with Gasteiger partial charge in [0.15, 0.2) is 0 Å². The predicted octanol–water partition coefficient (Wildman–Crippen LogP) is 0.416. The minimum Gasteiger partial charge on any atom is -0.354 e. The van der Waals surface area contributed by atoms with Crippen molar-refractivity contribution in [2.75, 3.05) is 19.6 Å². The standard InChI is InChI=1S/C15H15N5O3S/c21-12(8-20-13(22)7-18-15(20)23)17-6-3-11-9-24-14(19-11)10-1-4-16-5-2-10/h1-2,4-5,9H,3,6-8H2,(H,17,21)(H,18,23). The molecule has 4 amide bonds. The van der Waals surface area contributed by atoms with Crippen LogP contribution in [0.5, 0.6) is 0 Å². The van der Waals surface area contributed by atoms with Gasteiger partial charge in [0.1, 0.15) is 11.6 Å². The Balaban J connectivity index is 1.47. The number of nitrogens with one attached hydrogen (secondary N) is 2. The zero-order chi connectivity index (χ0) is 16.9. The van der Waals surface area contributed by atoms with Crippen LogP contribution in [-0.4, -0.2) is 52.3 Å². The lowest BCUT2D eigenvalue weighted by Gasteiger charge is -2.11. The highest BCUT2D eigenvalue weighted by Crippen LogP contribution is 2.22. The summed E-state index contributed by atoms with van der Waals surface area (Å²) in [5.74, 6) is -0.762. The van der Waals surface area contributed by atoms with E-state index in [-0.39, 0.29) is 19.0 Å². The lowest BCUT2D eigenvalue weighted by Crippen LogP contribution is -2.41. The molecule has 124 valence electrons. The van der Waals surface area contributed by atoms with Crippen LogP contribution < -0.4 is 10.6 Å². The van der Waals surface area contributed by atoms with Gasteiger partial charge in [-0.25, -0.2) is 9.78 Å². The van der Waals surface area contributed by atoms with Crippen molar-refractivity contribution in [1.82, 2.24) is 25.5 Å². The van der Waals surface area contributed by atoms with E-state index in [1.807, 2.05) is 17.5 Å². The SMILES string of the molecule is O=C(CN1C(=O)CNC1=O)NCCc1csc(-c2ccncc2)n1. The summed E-state index contributed by atoms with van der Waals surface area (Å²) in [6.45, 7) is 0.0781. The number of hydrogen-bond acceptors (Lipinski definition) is 6. The van der Waals surface area contributed by atoms with Gasteiger partial charge in [-0.15, -0.1) is 11.3 Å². The molecule has 0 spiro atoms. The highest BCUT2D eigenvalue weighted by atomic mass is 32.1. The Hall–Kier alpha value is -2.81. The molecular weight excluding hydrogens is 330 g/mol. The van der Waals surface area contributed by atoms with E-state index < -0.39 is 11.9 Å². The Morgan fingerprint density at radius 2 is 2.12 bits per heavy atom. The summed E-state index contributed by atoms with van der Waals surface area (Å²) in [5, 5.41) is 7.90. The second-order valence-corrected chi connectivity index (χ2v) is 5.98. The van der Waals surface area contributed by atoms with Gasteiger partial charge in [0.25, 0.3) is 5.91 Å². The van der Waals surface area contributed by atoms with E-state index in [2.05, 4.69) is 20.6 Å². The molecule has 0 aliphatic carbocycles. The van der Waals surface area contributed by atoms with Gasteiger partial charge in [-0.05, 0) is 12.1 Å². The molecule has 8 nitrogen and oxygen atoms in total. The van der Waals surface area contributed by atoms with E-state index in [0.29, 0.717) is 13.0 Å². The van der Waals surface area contributed by atoms with Gasteiger partial charge in [-0.2, -0.15) is 0 Å². The lowest BCUT2D eigenvalue weighted by atomic mass is 10.3. The van der Waals surface area contributed by atoms with Crippen LogP contribution in [0.1, 0.15) is 5.69 Å². The topological polar surface area (TPSA) is 104 Å². The third kappa shape index (κ3) is 3.74. The molecule has 0 unspecified atom stereocenters. The third-order valence-electron chi connectivity index (χ3n) is 3.42. The van der Waals surface area contributed by atoms with Gasteiger partial charge in [-0.1, -0.05) is 0 Å². The van der Waals surface area contributed by atoms with E-state index in [9.17, 15) is 14.4 Å². The average molecular weight is 345 g/mol. The summed E-state index contributed by atoms with van der Waals surface area (Å²) in [5.41, 5.74) is 1.88. The van der Waals surface area contributed by atoms with Crippen LogP contribution in [0.4, 0.5) is 4.79 Å². The minimum absolute atomic E-state index is 0.0529. The Morgan fingerprint density at radius 1 is 1.33 bits per heavy atom. The molecule has 0 aromatic carbocycles. The van der Waals surface area contributed by atoms with E-state index in [0.717, 1.165) is 21.2 Å². The van der Waals surface area contributed by atoms with Crippen molar-refractivity contribution in [2.24, 2.45) is 0 Å². The van der Waals surface area contributed by atoms with E-state index in [4.69, 9.17) is 0 Å². The van der Waals surface area contributed by atoms with E-state index in [1.54, 1.807) is 12.4 Å². The van der Waals surface area contributed by atoms with Crippen LogP contribution in [0.15, 0.2) is 29.9 Å². The number of aromatic nitrogens is 2. The van der Waals surface area contributed by atoms with Gasteiger partial charge in [0.05, 0.1) is 12.2 Å². The fourth-order valence-corrected chi connectivity index (χ4v) is 3.05. The van der Waals surface area contributed by atoms with Gasteiger partial charge in [0, 0.05) is 36.3 Å². The van der Waals surface area contributed by atoms with Crippen LogP contribution in [-0.2, 0) is 16.0 Å². The molecule has 3 heterocycles. The summed E-state index contributed by atoms with van der Waals surface area (Å²) in [7, 11) is 0.